The number of benzene rings is 1. The molecule has 1 aromatic carbocycles. The Morgan fingerprint density at radius 2 is 2.07 bits per heavy atom. The Hall–Kier alpha value is -2.12. The van der Waals surface area contributed by atoms with Crippen molar-refractivity contribution in [2.45, 2.75) is 37.9 Å². The molecule has 2 aromatic heterocycles. The van der Waals surface area contributed by atoms with Gasteiger partial charge in [-0.3, -0.25) is 9.36 Å². The number of likely N-dealkylation sites (tertiary alicyclic amines) is 1. The molecule has 1 saturated heterocycles. The SMILES string of the molecule is Cc1ccccc1-n1c(C)nnc1SCC(=O)N1CCCC1c1cccs1. The molecular weight excluding hydrogens is 376 g/mol. The molecule has 3 aromatic rings. The van der Waals surface area contributed by atoms with E-state index in [0.717, 1.165) is 41.6 Å². The Bertz CT molecular complexity index is 935. The topological polar surface area (TPSA) is 51.0 Å². The molecule has 3 heterocycles. The predicted molar refractivity (Wildman–Crippen MR) is 110 cm³/mol. The molecule has 0 saturated carbocycles. The Balaban J connectivity index is 1.50. The number of hydrogen-bond acceptors (Lipinski definition) is 5. The standard InChI is InChI=1S/C20H22N4OS2/c1-14-7-3-4-8-16(14)24-15(2)21-22-20(24)27-13-19(25)23-11-5-9-17(23)18-10-6-12-26-18/h3-4,6-8,10,12,17H,5,9,11,13H2,1-2H3. The van der Waals surface area contributed by atoms with Gasteiger partial charge in [0.25, 0.3) is 0 Å². The lowest BCUT2D eigenvalue weighted by atomic mass is 10.2. The lowest BCUT2D eigenvalue weighted by molar-refractivity contribution is -0.129. The van der Waals surface area contributed by atoms with Crippen LogP contribution in [-0.2, 0) is 4.79 Å². The van der Waals surface area contributed by atoms with Gasteiger partial charge in [-0.15, -0.1) is 21.5 Å². The predicted octanol–water partition coefficient (Wildman–Crippen LogP) is 4.40. The highest BCUT2D eigenvalue weighted by Gasteiger charge is 2.30. The van der Waals surface area contributed by atoms with Crippen molar-refractivity contribution in [3.8, 4) is 5.69 Å². The number of para-hydroxylation sites is 1. The van der Waals surface area contributed by atoms with Crippen LogP contribution in [-0.4, -0.2) is 37.9 Å². The van der Waals surface area contributed by atoms with E-state index in [0.29, 0.717) is 5.75 Å². The van der Waals surface area contributed by atoms with Gasteiger partial charge in [-0.05, 0) is 49.8 Å². The molecule has 140 valence electrons. The van der Waals surface area contributed by atoms with Crippen LogP contribution in [0.1, 0.15) is 35.1 Å². The number of nitrogens with zero attached hydrogens (tertiary/aromatic N) is 4. The molecule has 0 radical (unpaired) electrons. The van der Waals surface area contributed by atoms with Crippen molar-refractivity contribution >= 4 is 29.0 Å². The van der Waals surface area contributed by atoms with E-state index in [2.05, 4.69) is 46.8 Å². The molecule has 0 spiro atoms. The summed E-state index contributed by atoms with van der Waals surface area (Å²) in [5, 5.41) is 11.4. The highest BCUT2D eigenvalue weighted by molar-refractivity contribution is 7.99. The summed E-state index contributed by atoms with van der Waals surface area (Å²) in [7, 11) is 0. The second kappa shape index (κ2) is 7.86. The van der Waals surface area contributed by atoms with E-state index in [9.17, 15) is 4.79 Å². The minimum atomic E-state index is 0.174. The third-order valence-corrected chi connectivity index (χ3v) is 6.81. The van der Waals surface area contributed by atoms with Gasteiger partial charge < -0.3 is 4.90 Å². The zero-order chi connectivity index (χ0) is 18.8. The average Bonchev–Trinajstić information content (AvgIpc) is 3.41. The van der Waals surface area contributed by atoms with Crippen LogP contribution in [0, 0.1) is 13.8 Å². The molecule has 5 nitrogen and oxygen atoms in total. The van der Waals surface area contributed by atoms with Crippen LogP contribution in [0.2, 0.25) is 0 Å². The summed E-state index contributed by atoms with van der Waals surface area (Å²) >= 11 is 3.20. The number of carbonyl (C=O) groups is 1. The van der Waals surface area contributed by atoms with Crippen LogP contribution in [0.4, 0.5) is 0 Å². The Morgan fingerprint density at radius 1 is 1.22 bits per heavy atom. The summed E-state index contributed by atoms with van der Waals surface area (Å²) in [6, 6.07) is 12.6. The molecular formula is C20H22N4OS2. The zero-order valence-electron chi connectivity index (χ0n) is 15.5. The van der Waals surface area contributed by atoms with Crippen LogP contribution in [0.3, 0.4) is 0 Å². The highest BCUT2D eigenvalue weighted by atomic mass is 32.2. The van der Waals surface area contributed by atoms with E-state index in [-0.39, 0.29) is 11.9 Å². The van der Waals surface area contributed by atoms with E-state index in [1.807, 2.05) is 28.5 Å². The molecule has 1 amide bonds. The van der Waals surface area contributed by atoms with Gasteiger partial charge in [-0.25, -0.2) is 0 Å². The first-order chi connectivity index (χ1) is 13.1. The maximum atomic E-state index is 12.9. The van der Waals surface area contributed by atoms with Gasteiger partial charge in [-0.1, -0.05) is 36.0 Å². The Kier molecular flexibility index (Phi) is 5.31. The zero-order valence-corrected chi connectivity index (χ0v) is 17.1. The largest absolute Gasteiger partial charge is 0.334 e. The fourth-order valence-corrected chi connectivity index (χ4v) is 5.33. The summed E-state index contributed by atoms with van der Waals surface area (Å²) in [5.74, 6) is 1.39. The molecule has 4 rings (SSSR count). The fraction of sp³-hybridized carbons (Fsp3) is 0.350. The van der Waals surface area contributed by atoms with Crippen molar-refractivity contribution in [2.75, 3.05) is 12.3 Å². The number of aromatic nitrogens is 3. The van der Waals surface area contributed by atoms with Crippen molar-refractivity contribution in [1.82, 2.24) is 19.7 Å². The maximum Gasteiger partial charge on any atom is 0.233 e. The summed E-state index contributed by atoms with van der Waals surface area (Å²) in [4.78, 5) is 16.2. The molecule has 27 heavy (non-hydrogen) atoms. The van der Waals surface area contributed by atoms with Gasteiger partial charge in [0, 0.05) is 11.4 Å². The first-order valence-electron chi connectivity index (χ1n) is 9.09. The lowest BCUT2D eigenvalue weighted by Gasteiger charge is -2.23. The summed E-state index contributed by atoms with van der Waals surface area (Å²) in [6.07, 6.45) is 2.12. The van der Waals surface area contributed by atoms with Crippen LogP contribution in [0.15, 0.2) is 46.9 Å². The molecule has 1 unspecified atom stereocenters. The summed E-state index contributed by atoms with van der Waals surface area (Å²) in [5.41, 5.74) is 2.22. The van der Waals surface area contributed by atoms with Crippen LogP contribution >= 0.6 is 23.1 Å². The number of thioether (sulfide) groups is 1. The number of aryl methyl sites for hydroxylation is 2. The lowest BCUT2D eigenvalue weighted by Crippen LogP contribution is -2.31. The molecule has 1 atom stereocenters. The van der Waals surface area contributed by atoms with E-state index in [1.165, 1.54) is 16.6 Å². The second-order valence-electron chi connectivity index (χ2n) is 6.70. The number of amides is 1. The minimum Gasteiger partial charge on any atom is -0.334 e. The van der Waals surface area contributed by atoms with Crippen molar-refractivity contribution in [3.05, 3.63) is 58.0 Å². The number of hydrogen-bond donors (Lipinski definition) is 0. The third kappa shape index (κ3) is 3.66. The minimum absolute atomic E-state index is 0.174. The maximum absolute atomic E-state index is 12.9. The number of thiophene rings is 1. The quantitative estimate of drug-likeness (QED) is 0.598. The molecule has 1 aliphatic rings. The number of rotatable bonds is 5. The van der Waals surface area contributed by atoms with Crippen molar-refractivity contribution in [1.29, 1.82) is 0 Å². The van der Waals surface area contributed by atoms with Crippen molar-refractivity contribution in [2.24, 2.45) is 0 Å². The van der Waals surface area contributed by atoms with E-state index in [4.69, 9.17) is 0 Å². The highest BCUT2D eigenvalue weighted by Crippen LogP contribution is 2.35. The molecule has 0 aliphatic carbocycles. The normalized spacial score (nSPS) is 16.8. The molecule has 1 fully saturated rings. The van der Waals surface area contributed by atoms with Gasteiger partial charge in [-0.2, -0.15) is 0 Å². The van der Waals surface area contributed by atoms with Gasteiger partial charge in [0.2, 0.25) is 5.91 Å². The van der Waals surface area contributed by atoms with Crippen molar-refractivity contribution in [3.63, 3.8) is 0 Å². The van der Waals surface area contributed by atoms with E-state index in [1.54, 1.807) is 11.3 Å². The first kappa shape index (κ1) is 18.3. The molecule has 7 heteroatoms. The Morgan fingerprint density at radius 3 is 2.85 bits per heavy atom. The van der Waals surface area contributed by atoms with Gasteiger partial charge >= 0.3 is 0 Å². The van der Waals surface area contributed by atoms with Gasteiger partial charge in [0.15, 0.2) is 5.16 Å². The van der Waals surface area contributed by atoms with Crippen molar-refractivity contribution < 1.29 is 4.79 Å². The monoisotopic (exact) mass is 398 g/mol. The van der Waals surface area contributed by atoms with Gasteiger partial charge in [0.05, 0.1) is 17.5 Å². The van der Waals surface area contributed by atoms with E-state index >= 15 is 0 Å². The third-order valence-electron chi connectivity index (χ3n) is 4.92. The van der Waals surface area contributed by atoms with Crippen LogP contribution in [0.5, 0.6) is 0 Å². The van der Waals surface area contributed by atoms with Crippen LogP contribution < -0.4 is 0 Å². The van der Waals surface area contributed by atoms with E-state index < -0.39 is 0 Å². The second-order valence-corrected chi connectivity index (χ2v) is 8.62. The molecule has 1 aliphatic heterocycles. The van der Waals surface area contributed by atoms with Crippen LogP contribution in [0.25, 0.3) is 5.69 Å². The Labute approximate surface area is 167 Å². The number of carbonyl (C=O) groups excluding carboxylic acids is 1. The summed E-state index contributed by atoms with van der Waals surface area (Å²) < 4.78 is 2.04. The molecule has 0 bridgehead atoms. The smallest absolute Gasteiger partial charge is 0.233 e. The summed E-state index contributed by atoms with van der Waals surface area (Å²) in [6.45, 7) is 4.86. The molecule has 0 N–H and O–H groups in total. The first-order valence-corrected chi connectivity index (χ1v) is 11.0. The van der Waals surface area contributed by atoms with Gasteiger partial charge in [0.1, 0.15) is 5.82 Å². The fourth-order valence-electron chi connectivity index (χ4n) is 3.58. The average molecular weight is 399 g/mol.